The molecule has 4 rings (SSSR count). The highest BCUT2D eigenvalue weighted by atomic mass is 16.7. The summed E-state index contributed by atoms with van der Waals surface area (Å²) in [6.45, 7) is 5.02. The number of hydrogen-bond donors (Lipinski definition) is 0. The Morgan fingerprint density at radius 2 is 1.67 bits per heavy atom. The third-order valence-electron chi connectivity index (χ3n) is 7.15. The number of ether oxygens (including phenoxy) is 2. The van der Waals surface area contributed by atoms with Crippen molar-refractivity contribution in [3.8, 4) is 12.1 Å². The number of nitriles is 2. The number of hydrogen-bond acceptors (Lipinski definition) is 4. The molecule has 2 aromatic rings. The largest absolute Gasteiger partial charge is 0.348 e. The van der Waals surface area contributed by atoms with Crippen LogP contribution in [0.25, 0.3) is 6.08 Å². The first kappa shape index (κ1) is 23.0. The van der Waals surface area contributed by atoms with Crippen LogP contribution in [0.4, 0.5) is 0 Å². The fraction of sp³-hybridized carbons (Fsp3) is 0.379. The molecule has 1 aliphatic carbocycles. The minimum absolute atomic E-state index is 0.00142. The van der Waals surface area contributed by atoms with Crippen molar-refractivity contribution in [3.05, 3.63) is 90.5 Å². The Kier molecular flexibility index (Phi) is 7.09. The molecule has 0 amide bonds. The molecule has 2 unspecified atom stereocenters. The van der Waals surface area contributed by atoms with Gasteiger partial charge in [-0.1, -0.05) is 78.9 Å². The van der Waals surface area contributed by atoms with Crippen molar-refractivity contribution in [1.29, 1.82) is 10.5 Å². The highest BCUT2D eigenvalue weighted by Crippen LogP contribution is 2.54. The summed E-state index contributed by atoms with van der Waals surface area (Å²) in [5, 5.41) is 20.4. The minimum atomic E-state index is -1.12. The SMILES string of the molecule is C=CCC(C#N)(C#N)C1CCC2(CC1[C@@H](/C=C/c1ccccc1)c1ccccc1)OCCO2. The zero-order valence-corrected chi connectivity index (χ0v) is 18.9. The van der Waals surface area contributed by atoms with Crippen molar-refractivity contribution >= 4 is 6.08 Å². The van der Waals surface area contributed by atoms with Crippen LogP contribution in [0.3, 0.4) is 0 Å². The van der Waals surface area contributed by atoms with E-state index < -0.39 is 11.2 Å². The van der Waals surface area contributed by atoms with Crippen molar-refractivity contribution < 1.29 is 9.47 Å². The summed E-state index contributed by atoms with van der Waals surface area (Å²) in [7, 11) is 0. The van der Waals surface area contributed by atoms with Crippen LogP contribution < -0.4 is 0 Å². The van der Waals surface area contributed by atoms with Gasteiger partial charge in [-0.15, -0.1) is 6.58 Å². The fourth-order valence-corrected chi connectivity index (χ4v) is 5.56. The Balaban J connectivity index is 1.79. The number of allylic oxidation sites excluding steroid dienone is 2. The Morgan fingerprint density at radius 3 is 2.27 bits per heavy atom. The van der Waals surface area contributed by atoms with E-state index in [4.69, 9.17) is 9.47 Å². The molecule has 2 aliphatic rings. The second-order valence-corrected chi connectivity index (χ2v) is 9.01. The maximum atomic E-state index is 10.2. The van der Waals surface area contributed by atoms with Gasteiger partial charge in [-0.05, 0) is 35.8 Å². The van der Waals surface area contributed by atoms with Crippen LogP contribution in [0, 0.1) is 39.9 Å². The molecule has 3 atom stereocenters. The molecular weight excluding hydrogens is 408 g/mol. The third-order valence-corrected chi connectivity index (χ3v) is 7.15. The van der Waals surface area contributed by atoms with Gasteiger partial charge in [0, 0.05) is 18.8 Å². The van der Waals surface area contributed by atoms with Crippen LogP contribution >= 0.6 is 0 Å². The molecule has 0 N–H and O–H groups in total. The van der Waals surface area contributed by atoms with Gasteiger partial charge >= 0.3 is 0 Å². The zero-order chi connectivity index (χ0) is 23.2. The molecule has 4 heteroatoms. The first-order valence-corrected chi connectivity index (χ1v) is 11.6. The predicted octanol–water partition coefficient (Wildman–Crippen LogP) is 6.25. The van der Waals surface area contributed by atoms with E-state index in [-0.39, 0.29) is 17.8 Å². The first-order chi connectivity index (χ1) is 16.2. The van der Waals surface area contributed by atoms with E-state index in [1.807, 2.05) is 36.4 Å². The Hall–Kier alpha value is -3.18. The van der Waals surface area contributed by atoms with Gasteiger partial charge < -0.3 is 9.47 Å². The van der Waals surface area contributed by atoms with E-state index in [1.54, 1.807) is 6.08 Å². The van der Waals surface area contributed by atoms with Crippen molar-refractivity contribution in [1.82, 2.24) is 0 Å². The van der Waals surface area contributed by atoms with Crippen molar-refractivity contribution in [2.45, 2.75) is 37.4 Å². The van der Waals surface area contributed by atoms with Crippen LogP contribution in [-0.4, -0.2) is 19.0 Å². The van der Waals surface area contributed by atoms with Crippen LogP contribution in [0.2, 0.25) is 0 Å². The molecule has 1 saturated heterocycles. The van der Waals surface area contributed by atoms with E-state index in [1.165, 1.54) is 0 Å². The lowest BCUT2D eigenvalue weighted by Gasteiger charge is -2.47. The van der Waals surface area contributed by atoms with Gasteiger partial charge in [0.1, 0.15) is 5.41 Å². The summed E-state index contributed by atoms with van der Waals surface area (Å²) >= 11 is 0. The topological polar surface area (TPSA) is 66.0 Å². The van der Waals surface area contributed by atoms with E-state index in [0.717, 1.165) is 11.1 Å². The molecule has 0 aromatic heterocycles. The molecule has 2 aromatic carbocycles. The van der Waals surface area contributed by atoms with E-state index in [2.05, 4.69) is 55.1 Å². The van der Waals surface area contributed by atoms with Crippen LogP contribution in [0.15, 0.2) is 79.4 Å². The Labute approximate surface area is 196 Å². The number of nitrogens with zero attached hydrogens (tertiary/aromatic N) is 2. The smallest absolute Gasteiger partial charge is 0.168 e. The summed E-state index contributed by atoms with van der Waals surface area (Å²) in [6.07, 6.45) is 8.46. The lowest BCUT2D eigenvalue weighted by Crippen LogP contribution is -2.47. The lowest BCUT2D eigenvalue weighted by atomic mass is 9.58. The van der Waals surface area contributed by atoms with Gasteiger partial charge in [0.15, 0.2) is 5.79 Å². The predicted molar refractivity (Wildman–Crippen MR) is 129 cm³/mol. The summed E-state index contributed by atoms with van der Waals surface area (Å²) in [4.78, 5) is 0. The van der Waals surface area contributed by atoms with Crippen molar-refractivity contribution in [3.63, 3.8) is 0 Å². The molecule has 0 bridgehead atoms. The van der Waals surface area contributed by atoms with Gasteiger partial charge in [-0.2, -0.15) is 10.5 Å². The molecular formula is C29H30N2O2. The molecule has 33 heavy (non-hydrogen) atoms. The quantitative estimate of drug-likeness (QED) is 0.479. The molecule has 4 nitrogen and oxygen atoms in total. The molecule has 1 aliphatic heterocycles. The van der Waals surface area contributed by atoms with E-state index >= 15 is 0 Å². The number of benzene rings is 2. The highest BCUT2D eigenvalue weighted by Gasteiger charge is 2.53. The molecule has 0 radical (unpaired) electrons. The second kappa shape index (κ2) is 10.2. The maximum absolute atomic E-state index is 10.2. The average Bonchev–Trinajstić information content (AvgIpc) is 3.32. The second-order valence-electron chi connectivity index (χ2n) is 9.01. The molecule has 1 spiro atoms. The minimum Gasteiger partial charge on any atom is -0.348 e. The van der Waals surface area contributed by atoms with Crippen LogP contribution in [-0.2, 0) is 9.47 Å². The Morgan fingerprint density at radius 1 is 1.03 bits per heavy atom. The van der Waals surface area contributed by atoms with Gasteiger partial charge in [0.05, 0.1) is 25.4 Å². The monoisotopic (exact) mass is 438 g/mol. The lowest BCUT2D eigenvalue weighted by molar-refractivity contribution is -0.200. The number of rotatable bonds is 7. The summed E-state index contributed by atoms with van der Waals surface area (Å²) in [6, 6.07) is 25.3. The third kappa shape index (κ3) is 4.79. The molecule has 1 heterocycles. The van der Waals surface area contributed by atoms with E-state index in [9.17, 15) is 10.5 Å². The van der Waals surface area contributed by atoms with Crippen LogP contribution in [0.1, 0.15) is 42.7 Å². The van der Waals surface area contributed by atoms with Crippen molar-refractivity contribution in [2.24, 2.45) is 17.3 Å². The van der Waals surface area contributed by atoms with Crippen LogP contribution in [0.5, 0.6) is 0 Å². The fourth-order valence-electron chi connectivity index (χ4n) is 5.56. The van der Waals surface area contributed by atoms with Gasteiger partial charge in [-0.3, -0.25) is 0 Å². The maximum Gasteiger partial charge on any atom is 0.168 e. The molecule has 168 valence electrons. The average molecular weight is 439 g/mol. The molecule has 2 fully saturated rings. The van der Waals surface area contributed by atoms with Gasteiger partial charge in [0.25, 0.3) is 0 Å². The summed E-state index contributed by atoms with van der Waals surface area (Å²) < 4.78 is 12.2. The standard InChI is InChI=1S/C29H30N2O2/c1-2-16-28(21-30,22-31)27-15-17-29(32-18-19-33-29)20-26(27)25(24-11-7-4-8-12-24)14-13-23-9-5-3-6-10-23/h2-14,25-27H,1,15-20H2/b14-13+/t25-,26?,27?/m0/s1. The highest BCUT2D eigenvalue weighted by molar-refractivity contribution is 5.51. The first-order valence-electron chi connectivity index (χ1n) is 11.6. The van der Waals surface area contributed by atoms with Gasteiger partial charge in [0.2, 0.25) is 0 Å². The van der Waals surface area contributed by atoms with Crippen molar-refractivity contribution in [2.75, 3.05) is 13.2 Å². The Bertz CT molecular complexity index is 1030. The van der Waals surface area contributed by atoms with Gasteiger partial charge in [-0.25, -0.2) is 0 Å². The van der Waals surface area contributed by atoms with E-state index in [0.29, 0.717) is 38.9 Å². The zero-order valence-electron chi connectivity index (χ0n) is 18.9. The molecule has 1 saturated carbocycles. The summed E-state index contributed by atoms with van der Waals surface area (Å²) in [5.74, 6) is -0.750. The summed E-state index contributed by atoms with van der Waals surface area (Å²) in [5.41, 5.74) is 1.16. The normalized spacial score (nSPS) is 23.1.